The molecule has 1 aromatic heterocycles. The van der Waals surface area contributed by atoms with E-state index < -0.39 is 27.3 Å². The number of hydrazine groups is 2. The second-order valence-corrected chi connectivity index (χ2v) is 6.00. The molecule has 0 atom stereocenters. The molecule has 0 saturated heterocycles. The molecule has 0 bridgehead atoms. The monoisotopic (exact) mass is 438 g/mol. The first-order valence-electron chi connectivity index (χ1n) is 8.78. The molecular formula is C18H14N8O6. The van der Waals surface area contributed by atoms with Gasteiger partial charge in [-0.15, -0.1) is 0 Å². The first kappa shape index (κ1) is 21.6. The van der Waals surface area contributed by atoms with Gasteiger partial charge in [-0.1, -0.05) is 18.2 Å². The van der Waals surface area contributed by atoms with E-state index in [1.807, 2.05) is 0 Å². The highest BCUT2D eigenvalue weighted by atomic mass is 16.6. The lowest BCUT2D eigenvalue weighted by molar-refractivity contribution is -0.384. The minimum atomic E-state index is -0.808. The van der Waals surface area contributed by atoms with Crippen molar-refractivity contribution < 1.29 is 19.4 Å². The SMILES string of the molecule is O=C(NNc1ncnc(NNC(=O)c2ccc([N+](=O)[O-])cc2)c1[N+](=O)[O-])c1ccccc1. The fourth-order valence-corrected chi connectivity index (χ4v) is 2.43. The van der Waals surface area contributed by atoms with E-state index in [0.29, 0.717) is 5.56 Å². The third-order valence-corrected chi connectivity index (χ3v) is 3.97. The van der Waals surface area contributed by atoms with Gasteiger partial charge in [-0.05, 0) is 24.3 Å². The van der Waals surface area contributed by atoms with Crippen LogP contribution in [0.3, 0.4) is 0 Å². The fraction of sp³-hybridized carbons (Fsp3) is 0. The highest BCUT2D eigenvalue weighted by Crippen LogP contribution is 2.27. The van der Waals surface area contributed by atoms with Gasteiger partial charge in [0, 0.05) is 23.3 Å². The van der Waals surface area contributed by atoms with Crippen molar-refractivity contribution in [3.05, 3.63) is 92.3 Å². The predicted octanol–water partition coefficient (Wildman–Crippen LogP) is 1.81. The standard InChI is InChI=1S/C18H14N8O6/c27-17(11-4-2-1-3-5-11)23-21-15-14(26(31)32)16(20-10-19-15)22-24-18(28)12-6-8-13(9-7-12)25(29)30/h1-10H,(H,23,27)(H,24,28)(H2,19,20,21,22). The Morgan fingerprint density at radius 1 is 0.719 bits per heavy atom. The molecule has 0 aliphatic carbocycles. The third kappa shape index (κ3) is 5.07. The van der Waals surface area contributed by atoms with Gasteiger partial charge in [0.05, 0.1) is 9.85 Å². The molecule has 14 heteroatoms. The van der Waals surface area contributed by atoms with Gasteiger partial charge in [0.2, 0.25) is 11.6 Å². The number of anilines is 2. The van der Waals surface area contributed by atoms with E-state index in [1.165, 1.54) is 12.1 Å². The van der Waals surface area contributed by atoms with Crippen LogP contribution < -0.4 is 21.7 Å². The molecule has 3 rings (SSSR count). The molecule has 0 unspecified atom stereocenters. The first-order chi connectivity index (χ1) is 15.4. The Labute approximate surface area is 178 Å². The molecule has 0 fully saturated rings. The molecule has 3 aromatic rings. The number of nitro groups is 2. The molecule has 0 saturated carbocycles. The Morgan fingerprint density at radius 3 is 1.69 bits per heavy atom. The number of nitrogens with zero attached hydrogens (tertiary/aromatic N) is 4. The van der Waals surface area contributed by atoms with E-state index in [1.54, 1.807) is 30.3 Å². The predicted molar refractivity (Wildman–Crippen MR) is 110 cm³/mol. The quantitative estimate of drug-likeness (QED) is 0.297. The fourth-order valence-electron chi connectivity index (χ4n) is 2.43. The second kappa shape index (κ2) is 9.57. The smallest absolute Gasteiger partial charge is 0.276 e. The van der Waals surface area contributed by atoms with Crippen LogP contribution in [0.4, 0.5) is 23.0 Å². The Balaban J connectivity index is 1.71. The maximum absolute atomic E-state index is 12.2. The molecule has 32 heavy (non-hydrogen) atoms. The Kier molecular flexibility index (Phi) is 6.45. The number of aromatic nitrogens is 2. The average Bonchev–Trinajstić information content (AvgIpc) is 2.81. The molecule has 0 aliphatic rings. The van der Waals surface area contributed by atoms with Crippen molar-refractivity contribution in [1.29, 1.82) is 0 Å². The van der Waals surface area contributed by atoms with Crippen molar-refractivity contribution in [2.75, 3.05) is 10.9 Å². The zero-order chi connectivity index (χ0) is 23.1. The van der Waals surface area contributed by atoms with Crippen LogP contribution in [0.1, 0.15) is 20.7 Å². The van der Waals surface area contributed by atoms with Crippen LogP contribution in [0.2, 0.25) is 0 Å². The summed E-state index contributed by atoms with van der Waals surface area (Å²) in [6.45, 7) is 0. The number of hydrogen-bond donors (Lipinski definition) is 4. The zero-order valence-corrected chi connectivity index (χ0v) is 16.0. The number of nitro benzene ring substituents is 1. The van der Waals surface area contributed by atoms with Crippen LogP contribution >= 0.6 is 0 Å². The van der Waals surface area contributed by atoms with E-state index in [4.69, 9.17) is 0 Å². The van der Waals surface area contributed by atoms with Gasteiger partial charge in [-0.3, -0.25) is 51.5 Å². The number of benzene rings is 2. The summed E-state index contributed by atoms with van der Waals surface area (Å²) in [6.07, 6.45) is 0.977. The summed E-state index contributed by atoms with van der Waals surface area (Å²) in [7, 11) is 0. The summed E-state index contributed by atoms with van der Waals surface area (Å²) < 4.78 is 0. The van der Waals surface area contributed by atoms with E-state index in [9.17, 15) is 29.8 Å². The summed E-state index contributed by atoms with van der Waals surface area (Å²) in [4.78, 5) is 52.6. The maximum Gasteiger partial charge on any atom is 0.356 e. The van der Waals surface area contributed by atoms with Crippen molar-refractivity contribution in [1.82, 2.24) is 20.8 Å². The first-order valence-corrected chi connectivity index (χ1v) is 8.78. The largest absolute Gasteiger partial charge is 0.356 e. The van der Waals surface area contributed by atoms with Crippen LogP contribution in [0.5, 0.6) is 0 Å². The minimum Gasteiger partial charge on any atom is -0.276 e. The van der Waals surface area contributed by atoms with Gasteiger partial charge in [0.1, 0.15) is 6.33 Å². The second-order valence-electron chi connectivity index (χ2n) is 6.00. The summed E-state index contributed by atoms with van der Waals surface area (Å²) in [6, 6.07) is 12.8. The van der Waals surface area contributed by atoms with Gasteiger partial charge >= 0.3 is 5.69 Å². The van der Waals surface area contributed by atoms with Gasteiger partial charge in [0.15, 0.2) is 0 Å². The van der Waals surface area contributed by atoms with Crippen molar-refractivity contribution in [3.63, 3.8) is 0 Å². The lowest BCUT2D eigenvalue weighted by atomic mass is 10.2. The number of carbonyl (C=O) groups excluding carboxylic acids is 2. The topological polar surface area (TPSA) is 194 Å². The molecule has 0 spiro atoms. The summed E-state index contributed by atoms with van der Waals surface area (Å²) in [5.41, 5.74) is 8.69. The van der Waals surface area contributed by atoms with Crippen LogP contribution in [-0.4, -0.2) is 31.6 Å². The van der Waals surface area contributed by atoms with E-state index in [0.717, 1.165) is 18.5 Å². The molecule has 14 nitrogen and oxygen atoms in total. The number of nitrogens with one attached hydrogen (secondary N) is 4. The zero-order valence-electron chi connectivity index (χ0n) is 16.0. The Morgan fingerprint density at radius 2 is 1.22 bits per heavy atom. The molecule has 0 aliphatic heterocycles. The van der Waals surface area contributed by atoms with Crippen molar-refractivity contribution in [2.24, 2.45) is 0 Å². The number of amides is 2. The van der Waals surface area contributed by atoms with E-state index in [2.05, 4.69) is 31.7 Å². The average molecular weight is 438 g/mol. The number of carbonyl (C=O) groups is 2. The molecular weight excluding hydrogens is 424 g/mol. The summed E-state index contributed by atoms with van der Waals surface area (Å²) in [5, 5.41) is 22.2. The lowest BCUT2D eigenvalue weighted by Gasteiger charge is -2.11. The molecule has 2 amide bonds. The van der Waals surface area contributed by atoms with Gasteiger partial charge in [-0.25, -0.2) is 9.97 Å². The van der Waals surface area contributed by atoms with Gasteiger partial charge < -0.3 is 0 Å². The normalized spacial score (nSPS) is 10.0. The van der Waals surface area contributed by atoms with Crippen LogP contribution in [0.25, 0.3) is 0 Å². The van der Waals surface area contributed by atoms with Crippen molar-refractivity contribution in [2.45, 2.75) is 0 Å². The summed E-state index contributed by atoms with van der Waals surface area (Å²) >= 11 is 0. The van der Waals surface area contributed by atoms with Crippen molar-refractivity contribution in [3.8, 4) is 0 Å². The number of rotatable bonds is 8. The molecule has 1 heterocycles. The number of non-ortho nitro benzene ring substituents is 1. The molecule has 2 aromatic carbocycles. The van der Waals surface area contributed by atoms with Gasteiger partial charge in [0.25, 0.3) is 17.5 Å². The number of hydrogen-bond acceptors (Lipinski definition) is 10. The maximum atomic E-state index is 12.2. The third-order valence-electron chi connectivity index (χ3n) is 3.97. The highest BCUT2D eigenvalue weighted by Gasteiger charge is 2.24. The Bertz CT molecular complexity index is 1170. The minimum absolute atomic E-state index is 0.0632. The Hall–Kier alpha value is -5.14. The molecule has 4 N–H and O–H groups in total. The van der Waals surface area contributed by atoms with Crippen LogP contribution in [0.15, 0.2) is 60.9 Å². The molecule has 162 valence electrons. The van der Waals surface area contributed by atoms with E-state index >= 15 is 0 Å². The van der Waals surface area contributed by atoms with E-state index in [-0.39, 0.29) is 22.9 Å². The summed E-state index contributed by atoms with van der Waals surface area (Å²) in [5.74, 6) is -1.97. The van der Waals surface area contributed by atoms with Gasteiger partial charge in [-0.2, -0.15) is 0 Å². The lowest BCUT2D eigenvalue weighted by Crippen LogP contribution is -2.32. The van der Waals surface area contributed by atoms with Crippen LogP contribution in [-0.2, 0) is 0 Å². The van der Waals surface area contributed by atoms with Crippen molar-refractivity contribution >= 4 is 34.8 Å². The van der Waals surface area contributed by atoms with Crippen LogP contribution in [0, 0.1) is 20.2 Å². The highest BCUT2D eigenvalue weighted by molar-refractivity contribution is 5.96. The molecule has 0 radical (unpaired) electrons.